The molecule has 0 spiro atoms. The Balaban J connectivity index is 1.11. The van der Waals surface area contributed by atoms with E-state index >= 15 is 0 Å². The summed E-state index contributed by atoms with van der Waals surface area (Å²) in [5.41, 5.74) is 12.3. The van der Waals surface area contributed by atoms with Gasteiger partial charge in [0.25, 0.3) is 0 Å². The van der Waals surface area contributed by atoms with Crippen LogP contribution in [0.2, 0.25) is 0 Å². The second-order valence-electron chi connectivity index (χ2n) is 17.6. The molecule has 362 valence electrons. The monoisotopic (exact) mass is 923 g/mol. The molecule has 2 saturated heterocycles. The number of rotatable bonds is 16. The van der Waals surface area contributed by atoms with Crippen LogP contribution in [0.5, 0.6) is 0 Å². The fraction of sp³-hybridized carbons (Fsp3) is 0.596. The first kappa shape index (κ1) is 49.7. The van der Waals surface area contributed by atoms with E-state index in [9.17, 15) is 45.6 Å². The zero-order valence-corrected chi connectivity index (χ0v) is 38.2. The second-order valence-corrected chi connectivity index (χ2v) is 17.6. The highest BCUT2D eigenvalue weighted by atomic mass is 16.7. The number of carbonyl (C=O) groups excluding carboxylic acids is 1. The molecule has 2 fully saturated rings. The molecule has 0 aliphatic carbocycles. The summed E-state index contributed by atoms with van der Waals surface area (Å²) in [7, 11) is 0. The van der Waals surface area contributed by atoms with Crippen LogP contribution in [0.4, 0.5) is 0 Å². The Bertz CT molecular complexity index is 2400. The number of hydrogen-bond acceptors (Lipinski definition) is 16. The van der Waals surface area contributed by atoms with Crippen molar-refractivity contribution in [2.45, 2.75) is 134 Å². The van der Waals surface area contributed by atoms with Crippen molar-refractivity contribution in [1.29, 1.82) is 0 Å². The molecule has 7 rings (SSSR count). The summed E-state index contributed by atoms with van der Waals surface area (Å²) in [6.45, 7) is 11.6. The highest BCUT2D eigenvalue weighted by molar-refractivity contribution is 5.92. The van der Waals surface area contributed by atoms with E-state index in [4.69, 9.17) is 33.7 Å². The maximum Gasteiger partial charge on any atom is 0.220 e. The van der Waals surface area contributed by atoms with Gasteiger partial charge in [0, 0.05) is 63.8 Å². The standard InChI is InChI=1S/C47H65N5O14/c1-7-26-22(3)32-17-35-28(20-64-47-45(61)43(59)41(57)37(19-54)66-47)24(5)31(51-35)16-33-23(4)27(39(52-33)25(6)30-14-21(2)29(49-30)15-34(26)50-32)8-9-38(55)48-10-11-62-12-13-63-46-44(60)42(58)40(56)36(18-53)65-46/h14-17,23,27,36-37,40-47,49-50,53-54,56-61H,7-13,18-20H2,1-6H3,(H,48,55)/t23-,27-,36+,37+,40+,41+,42-,43-,44+,45+,46?,47+/m0/s1. The van der Waals surface area contributed by atoms with Gasteiger partial charge in [-0.3, -0.25) is 9.78 Å². The van der Waals surface area contributed by atoms with Crippen molar-refractivity contribution in [2.75, 3.05) is 46.2 Å². The first-order valence-corrected chi connectivity index (χ1v) is 22.7. The summed E-state index contributed by atoms with van der Waals surface area (Å²) in [4.78, 5) is 30.9. The number of aromatic amines is 2. The SMILES string of the molecule is CCc1c(C)c2cc3nc(cc4nc(c(C)c5cc(C)c(cc1[nH]2)[nH]5)[C@@H](CCC(=O)NCCOCCOC1O[C@H](CO)[C@@H](O)[C@H](O)[C@H]1O)[C@@H]4C)C(C)=C3CO[C@@H]1O[C@H](CO)[C@@H](O)[C@H](O)[C@H]1O. The number of aryl methyl sites for hydroxylation is 4. The number of nitrogens with one attached hydrogen (secondary N) is 3. The average Bonchev–Trinajstić information content (AvgIpc) is 4.01. The molecular weight excluding hydrogens is 859 g/mol. The predicted molar refractivity (Wildman–Crippen MR) is 241 cm³/mol. The van der Waals surface area contributed by atoms with E-state index in [1.807, 2.05) is 26.0 Å². The largest absolute Gasteiger partial charge is 0.394 e. The maximum atomic E-state index is 13.2. The van der Waals surface area contributed by atoms with Crippen LogP contribution >= 0.6 is 0 Å². The average molecular weight is 924 g/mol. The van der Waals surface area contributed by atoms with Gasteiger partial charge in [-0.05, 0) is 92.6 Å². The molecule has 0 aromatic carbocycles. The molecule has 3 aromatic rings. The number of allylic oxidation sites excluding steroid dienone is 1. The predicted octanol–water partition coefficient (Wildman–Crippen LogP) is 1.17. The Kier molecular flexibility index (Phi) is 16.1. The summed E-state index contributed by atoms with van der Waals surface area (Å²) in [6.07, 6.45) is -12.5. The van der Waals surface area contributed by atoms with E-state index < -0.39 is 74.6 Å². The van der Waals surface area contributed by atoms with Gasteiger partial charge < -0.3 is 79.8 Å². The molecule has 12 atom stereocenters. The zero-order chi connectivity index (χ0) is 47.6. The van der Waals surface area contributed by atoms with E-state index in [0.717, 1.165) is 67.7 Å². The minimum atomic E-state index is -1.59. The van der Waals surface area contributed by atoms with E-state index in [-0.39, 0.29) is 57.1 Å². The summed E-state index contributed by atoms with van der Waals surface area (Å²) in [5.74, 6) is -0.391. The highest BCUT2D eigenvalue weighted by Crippen LogP contribution is 2.42. The topological polar surface area (TPSA) is 294 Å². The van der Waals surface area contributed by atoms with Crippen molar-refractivity contribution in [3.63, 3.8) is 0 Å². The van der Waals surface area contributed by atoms with E-state index in [1.165, 1.54) is 0 Å². The Morgan fingerprint density at radius 3 is 2.02 bits per heavy atom. The molecule has 11 N–H and O–H groups in total. The van der Waals surface area contributed by atoms with Crippen LogP contribution in [-0.4, -0.2) is 174 Å². The molecule has 1 amide bonds. The van der Waals surface area contributed by atoms with Crippen molar-refractivity contribution in [3.8, 4) is 0 Å². The number of aliphatic hydroxyl groups is 8. The first-order valence-electron chi connectivity index (χ1n) is 22.7. The van der Waals surface area contributed by atoms with Gasteiger partial charge in [0.05, 0.1) is 51.0 Å². The van der Waals surface area contributed by atoms with Crippen LogP contribution < -0.4 is 5.32 Å². The van der Waals surface area contributed by atoms with Crippen molar-refractivity contribution in [1.82, 2.24) is 25.3 Å². The van der Waals surface area contributed by atoms with Crippen molar-refractivity contribution < 1.29 is 69.3 Å². The number of amides is 1. The van der Waals surface area contributed by atoms with Crippen LogP contribution in [0, 0.1) is 20.8 Å². The molecule has 0 radical (unpaired) electrons. The smallest absolute Gasteiger partial charge is 0.220 e. The van der Waals surface area contributed by atoms with Gasteiger partial charge in [-0.15, -0.1) is 0 Å². The lowest BCUT2D eigenvalue weighted by Gasteiger charge is -2.39. The highest BCUT2D eigenvalue weighted by Gasteiger charge is 2.45. The summed E-state index contributed by atoms with van der Waals surface area (Å²) in [6, 6.07) is 8.18. The molecule has 7 heterocycles. The number of aromatic nitrogens is 4. The summed E-state index contributed by atoms with van der Waals surface area (Å²) < 4.78 is 28.2. The number of ether oxygens (including phenoxy) is 5. The number of hydrogen-bond donors (Lipinski definition) is 11. The lowest BCUT2D eigenvalue weighted by Crippen LogP contribution is -2.59. The van der Waals surface area contributed by atoms with E-state index in [0.29, 0.717) is 23.4 Å². The van der Waals surface area contributed by atoms with Gasteiger partial charge in [0.2, 0.25) is 5.91 Å². The minimum Gasteiger partial charge on any atom is -0.394 e. The molecule has 4 aliphatic rings. The minimum absolute atomic E-state index is 0.00720. The van der Waals surface area contributed by atoms with Gasteiger partial charge in [0.15, 0.2) is 12.6 Å². The van der Waals surface area contributed by atoms with Crippen molar-refractivity contribution >= 4 is 39.1 Å². The molecule has 1 unspecified atom stereocenters. The van der Waals surface area contributed by atoms with Crippen LogP contribution in [0.3, 0.4) is 0 Å². The van der Waals surface area contributed by atoms with E-state index in [1.54, 1.807) is 0 Å². The number of nitrogens with zero attached hydrogens (tertiary/aromatic N) is 2. The van der Waals surface area contributed by atoms with Gasteiger partial charge in [-0.1, -0.05) is 13.8 Å². The third kappa shape index (κ3) is 10.3. The fourth-order valence-corrected chi connectivity index (χ4v) is 9.17. The van der Waals surface area contributed by atoms with Crippen LogP contribution in [0.25, 0.3) is 33.2 Å². The van der Waals surface area contributed by atoms with Crippen molar-refractivity contribution in [3.05, 3.63) is 69.3 Å². The molecule has 66 heavy (non-hydrogen) atoms. The molecule has 19 heteroatoms. The van der Waals surface area contributed by atoms with Gasteiger partial charge in [0.1, 0.15) is 48.8 Å². The number of carbonyl (C=O) groups is 1. The molecular formula is C47H65N5O14. The Hall–Kier alpha value is -4.19. The summed E-state index contributed by atoms with van der Waals surface area (Å²) in [5, 5.41) is 83.7. The van der Waals surface area contributed by atoms with Crippen LogP contribution in [0.1, 0.15) is 90.5 Å². The molecule has 4 aliphatic heterocycles. The second kappa shape index (κ2) is 21.4. The third-order valence-corrected chi connectivity index (χ3v) is 13.4. The zero-order valence-electron chi connectivity index (χ0n) is 38.2. The van der Waals surface area contributed by atoms with Crippen molar-refractivity contribution in [2.24, 2.45) is 0 Å². The third-order valence-electron chi connectivity index (χ3n) is 13.4. The number of fused-ring (bicyclic) bond motifs is 8. The van der Waals surface area contributed by atoms with Gasteiger partial charge in [-0.2, -0.15) is 0 Å². The van der Waals surface area contributed by atoms with Crippen LogP contribution in [0.15, 0.2) is 24.3 Å². The normalized spacial score (nSPS) is 29.1. The Morgan fingerprint density at radius 2 is 1.36 bits per heavy atom. The number of H-pyrrole nitrogens is 2. The Labute approximate surface area is 382 Å². The Morgan fingerprint density at radius 1 is 0.727 bits per heavy atom. The summed E-state index contributed by atoms with van der Waals surface area (Å²) >= 11 is 0. The van der Waals surface area contributed by atoms with E-state index in [2.05, 4.69) is 55.1 Å². The van der Waals surface area contributed by atoms with Crippen LogP contribution in [-0.2, 0) is 34.9 Å². The number of aliphatic hydroxyl groups excluding tert-OH is 8. The maximum absolute atomic E-state index is 13.2. The molecule has 0 saturated carbocycles. The van der Waals surface area contributed by atoms with Gasteiger partial charge >= 0.3 is 0 Å². The fourth-order valence-electron chi connectivity index (χ4n) is 9.17. The lowest BCUT2D eigenvalue weighted by molar-refractivity contribution is -0.302. The molecule has 3 aromatic heterocycles. The quantitative estimate of drug-likeness (QED) is 0.0899. The molecule has 8 bridgehead atoms. The first-order chi connectivity index (χ1) is 31.6. The lowest BCUT2D eigenvalue weighted by atomic mass is 9.85. The van der Waals surface area contributed by atoms with Gasteiger partial charge in [-0.25, -0.2) is 4.98 Å². The molecule has 19 nitrogen and oxygen atoms in total.